The van der Waals surface area contributed by atoms with Crippen LogP contribution >= 0.6 is 0 Å². The number of nitrogens with one attached hydrogen (secondary N) is 1. The Balaban J connectivity index is 1.38. The molecule has 1 atom stereocenters. The lowest BCUT2D eigenvalue weighted by Crippen LogP contribution is -2.56. The molecule has 4 bridgehead atoms. The molecule has 2 aromatic carbocycles. The molecule has 5 aliphatic rings. The highest BCUT2D eigenvalue weighted by Gasteiger charge is 2.56. The summed E-state index contributed by atoms with van der Waals surface area (Å²) in [5.41, 5.74) is 3.30. The average Bonchev–Trinajstić information content (AvgIpc) is 2.72. The molecule has 3 heteroatoms. The highest BCUT2D eigenvalue weighted by molar-refractivity contribution is 6.01. The summed E-state index contributed by atoms with van der Waals surface area (Å²) in [6.07, 6.45) is 7.49. The lowest BCUT2D eigenvalue weighted by Gasteiger charge is -2.57. The molecule has 3 nitrogen and oxygen atoms in total. The van der Waals surface area contributed by atoms with Crippen LogP contribution in [0.4, 0.5) is 11.4 Å². The third kappa shape index (κ3) is 2.52. The highest BCUT2D eigenvalue weighted by Crippen LogP contribution is 2.61. The van der Waals surface area contributed by atoms with E-state index in [0.29, 0.717) is 5.91 Å². The normalized spacial score (nSPS) is 35.4. The number of hydrogen-bond donors (Lipinski definition) is 1. The van der Waals surface area contributed by atoms with E-state index in [9.17, 15) is 4.79 Å². The fourth-order valence-electron chi connectivity index (χ4n) is 7.07. The summed E-state index contributed by atoms with van der Waals surface area (Å²) in [4.78, 5) is 16.2. The molecule has 1 N–H and O–H groups in total. The first-order valence-electron chi connectivity index (χ1n) is 10.9. The van der Waals surface area contributed by atoms with Gasteiger partial charge in [-0.05, 0) is 74.0 Å². The third-order valence-corrected chi connectivity index (χ3v) is 7.83. The van der Waals surface area contributed by atoms with Crippen molar-refractivity contribution in [1.82, 2.24) is 0 Å². The van der Waals surface area contributed by atoms with Gasteiger partial charge in [0.2, 0.25) is 5.91 Å². The Kier molecular flexibility index (Phi) is 3.63. The summed E-state index contributed by atoms with van der Waals surface area (Å²) in [5.74, 6) is 2.77. The van der Waals surface area contributed by atoms with E-state index in [1.165, 1.54) is 24.8 Å². The van der Waals surface area contributed by atoms with E-state index in [1.807, 2.05) is 0 Å². The largest absolute Gasteiger partial charge is 0.375 e. The minimum Gasteiger partial charge on any atom is -0.375 e. The molecule has 1 heterocycles. The molecule has 28 heavy (non-hydrogen) atoms. The number of carbonyl (C=O) groups is 1. The first-order valence-corrected chi connectivity index (χ1v) is 10.9. The number of anilines is 2. The van der Waals surface area contributed by atoms with Crippen molar-refractivity contribution in [1.29, 1.82) is 0 Å². The number of benzene rings is 2. The van der Waals surface area contributed by atoms with Crippen molar-refractivity contribution >= 4 is 17.3 Å². The maximum absolute atomic E-state index is 14.1. The summed E-state index contributed by atoms with van der Waals surface area (Å²) >= 11 is 0. The van der Waals surface area contributed by atoms with Crippen molar-refractivity contribution in [2.24, 2.45) is 23.2 Å². The molecule has 0 aromatic heterocycles. The van der Waals surface area contributed by atoms with Crippen molar-refractivity contribution in [2.75, 3.05) is 16.8 Å². The SMILES string of the molecule is O=C(N1CC(c2ccccc2)Nc2ccccc21)C12CC3CC(CC(C3)C1)C2. The van der Waals surface area contributed by atoms with Crippen molar-refractivity contribution in [3.8, 4) is 0 Å². The van der Waals surface area contributed by atoms with Gasteiger partial charge in [-0.25, -0.2) is 0 Å². The van der Waals surface area contributed by atoms with Gasteiger partial charge in [-0.15, -0.1) is 0 Å². The zero-order valence-electron chi connectivity index (χ0n) is 16.3. The predicted octanol–water partition coefficient (Wildman–Crippen LogP) is 5.40. The Labute approximate surface area is 167 Å². The fourth-order valence-corrected chi connectivity index (χ4v) is 7.07. The molecular formula is C25H28N2O. The number of rotatable bonds is 2. The van der Waals surface area contributed by atoms with Gasteiger partial charge in [-0.3, -0.25) is 4.79 Å². The number of para-hydroxylation sites is 2. The molecule has 2 aromatic rings. The molecule has 0 saturated heterocycles. The molecule has 4 saturated carbocycles. The van der Waals surface area contributed by atoms with Gasteiger partial charge in [0.05, 0.1) is 29.4 Å². The topological polar surface area (TPSA) is 32.3 Å². The van der Waals surface area contributed by atoms with Gasteiger partial charge < -0.3 is 10.2 Å². The van der Waals surface area contributed by atoms with Crippen molar-refractivity contribution < 1.29 is 4.79 Å². The van der Waals surface area contributed by atoms with Gasteiger partial charge in [0.25, 0.3) is 0 Å². The van der Waals surface area contributed by atoms with Crippen LogP contribution in [0.2, 0.25) is 0 Å². The Morgan fingerprint density at radius 1 is 0.857 bits per heavy atom. The number of nitrogens with zero attached hydrogens (tertiary/aromatic N) is 1. The monoisotopic (exact) mass is 372 g/mol. The molecular weight excluding hydrogens is 344 g/mol. The molecule has 4 fully saturated rings. The van der Waals surface area contributed by atoms with Gasteiger partial charge in [0, 0.05) is 0 Å². The van der Waals surface area contributed by atoms with Crippen LogP contribution in [0, 0.1) is 23.2 Å². The van der Waals surface area contributed by atoms with Gasteiger partial charge in [0.1, 0.15) is 0 Å². The van der Waals surface area contributed by atoms with Crippen molar-refractivity contribution in [2.45, 2.75) is 44.6 Å². The highest BCUT2D eigenvalue weighted by atomic mass is 16.2. The lowest BCUT2D eigenvalue weighted by molar-refractivity contribution is -0.143. The fraction of sp³-hybridized carbons (Fsp3) is 0.480. The van der Waals surface area contributed by atoms with Gasteiger partial charge in [-0.1, -0.05) is 42.5 Å². The first kappa shape index (κ1) is 16.6. The maximum Gasteiger partial charge on any atom is 0.233 e. The second-order valence-electron chi connectivity index (χ2n) is 9.74. The standard InChI is InChI=1S/C25H28N2O/c28-24(25-13-17-10-18(14-25)12-19(11-17)15-25)27-16-22(20-6-2-1-3-7-20)26-21-8-4-5-9-23(21)27/h1-9,17-19,22,26H,10-16H2. The summed E-state index contributed by atoms with van der Waals surface area (Å²) in [6.45, 7) is 0.724. The lowest BCUT2D eigenvalue weighted by atomic mass is 9.49. The van der Waals surface area contributed by atoms with Crippen LogP contribution < -0.4 is 10.2 Å². The van der Waals surface area contributed by atoms with Gasteiger partial charge in [0.15, 0.2) is 0 Å². The van der Waals surface area contributed by atoms with E-state index in [4.69, 9.17) is 0 Å². The summed E-state index contributed by atoms with van der Waals surface area (Å²) in [7, 11) is 0. The van der Waals surface area contributed by atoms with Crippen LogP contribution in [0.5, 0.6) is 0 Å². The Bertz CT molecular complexity index is 870. The molecule has 1 aliphatic heterocycles. The number of hydrogen-bond acceptors (Lipinski definition) is 2. The molecule has 144 valence electrons. The van der Waals surface area contributed by atoms with Gasteiger partial charge in [-0.2, -0.15) is 0 Å². The molecule has 7 rings (SSSR count). The number of amides is 1. The predicted molar refractivity (Wildman–Crippen MR) is 112 cm³/mol. The van der Waals surface area contributed by atoms with E-state index in [0.717, 1.165) is 54.9 Å². The smallest absolute Gasteiger partial charge is 0.233 e. The quantitative estimate of drug-likeness (QED) is 0.765. The van der Waals surface area contributed by atoms with Crippen LogP contribution in [0.25, 0.3) is 0 Å². The average molecular weight is 373 g/mol. The molecule has 0 spiro atoms. The summed E-state index contributed by atoms with van der Waals surface area (Å²) < 4.78 is 0. The van der Waals surface area contributed by atoms with Crippen LogP contribution in [-0.4, -0.2) is 12.5 Å². The number of carbonyl (C=O) groups excluding carboxylic acids is 1. The minimum atomic E-state index is -0.0968. The van der Waals surface area contributed by atoms with E-state index in [2.05, 4.69) is 64.8 Å². The van der Waals surface area contributed by atoms with Crippen LogP contribution in [0.1, 0.15) is 50.1 Å². The molecule has 0 radical (unpaired) electrons. The zero-order chi connectivity index (χ0) is 18.7. The Morgan fingerprint density at radius 3 is 2.14 bits per heavy atom. The van der Waals surface area contributed by atoms with Crippen molar-refractivity contribution in [3.05, 3.63) is 60.2 Å². The van der Waals surface area contributed by atoms with E-state index < -0.39 is 0 Å². The molecule has 4 aliphatic carbocycles. The maximum atomic E-state index is 14.1. The number of fused-ring (bicyclic) bond motifs is 1. The second-order valence-corrected chi connectivity index (χ2v) is 9.74. The van der Waals surface area contributed by atoms with Crippen molar-refractivity contribution in [3.63, 3.8) is 0 Å². The van der Waals surface area contributed by atoms with E-state index in [-0.39, 0.29) is 11.5 Å². The summed E-state index contributed by atoms with van der Waals surface area (Å²) in [5, 5.41) is 3.68. The third-order valence-electron chi connectivity index (χ3n) is 7.83. The van der Waals surface area contributed by atoms with Crippen LogP contribution in [-0.2, 0) is 4.79 Å². The molecule has 1 amide bonds. The Hall–Kier alpha value is -2.29. The van der Waals surface area contributed by atoms with E-state index in [1.54, 1.807) is 0 Å². The Morgan fingerprint density at radius 2 is 1.46 bits per heavy atom. The minimum absolute atomic E-state index is 0.0968. The zero-order valence-corrected chi connectivity index (χ0v) is 16.3. The van der Waals surface area contributed by atoms with Gasteiger partial charge >= 0.3 is 0 Å². The summed E-state index contributed by atoms with van der Waals surface area (Å²) in [6, 6.07) is 19.1. The van der Waals surface area contributed by atoms with Crippen LogP contribution in [0.3, 0.4) is 0 Å². The van der Waals surface area contributed by atoms with E-state index >= 15 is 0 Å². The molecule has 1 unspecified atom stereocenters. The van der Waals surface area contributed by atoms with Crippen LogP contribution in [0.15, 0.2) is 54.6 Å². The second kappa shape index (κ2) is 6.10. The first-order chi connectivity index (χ1) is 13.7.